The van der Waals surface area contributed by atoms with E-state index in [0.29, 0.717) is 33.5 Å². The van der Waals surface area contributed by atoms with Gasteiger partial charge in [-0.1, -0.05) is 79.1 Å². The van der Waals surface area contributed by atoms with Crippen molar-refractivity contribution in [3.63, 3.8) is 0 Å². The van der Waals surface area contributed by atoms with E-state index in [4.69, 9.17) is 23.2 Å². The topological polar surface area (TPSA) is 47.8 Å². The first kappa shape index (κ1) is 20.9. The van der Waals surface area contributed by atoms with Gasteiger partial charge in [-0.15, -0.1) is 10.2 Å². The number of hydrogen-bond acceptors (Lipinski definition) is 4. The summed E-state index contributed by atoms with van der Waals surface area (Å²) in [5.74, 6) is 1.11. The summed E-state index contributed by atoms with van der Waals surface area (Å²) in [6.07, 6.45) is 0. The number of thioether (sulfide) groups is 1. The lowest BCUT2D eigenvalue weighted by atomic mass is 10.1. The first-order chi connectivity index (χ1) is 13.4. The lowest BCUT2D eigenvalue weighted by molar-refractivity contribution is -0.116. The predicted octanol–water partition coefficient (Wildman–Crippen LogP) is 6.33. The molecule has 4 nitrogen and oxygen atoms in total. The Bertz CT molecular complexity index is 973. The highest BCUT2D eigenvalue weighted by Gasteiger charge is 2.24. The van der Waals surface area contributed by atoms with Gasteiger partial charge in [-0.05, 0) is 36.6 Å². The summed E-state index contributed by atoms with van der Waals surface area (Å²) in [5.41, 5.74) is 1.72. The Labute approximate surface area is 179 Å². The average molecular weight is 434 g/mol. The number of ketones is 1. The molecule has 0 spiro atoms. The number of Topliss-reactive ketones (excluding diaryl/α,β-unsaturated/α-hetero) is 1. The van der Waals surface area contributed by atoms with Gasteiger partial charge in [-0.3, -0.25) is 4.79 Å². The average Bonchev–Trinajstić information content (AvgIpc) is 3.01. The van der Waals surface area contributed by atoms with Crippen molar-refractivity contribution in [2.75, 3.05) is 0 Å². The van der Waals surface area contributed by atoms with Crippen molar-refractivity contribution in [2.45, 2.75) is 37.7 Å². The monoisotopic (exact) mass is 433 g/mol. The van der Waals surface area contributed by atoms with Crippen molar-refractivity contribution >= 4 is 40.7 Å². The minimum atomic E-state index is -0.343. The van der Waals surface area contributed by atoms with Crippen molar-refractivity contribution in [3.8, 4) is 11.4 Å². The number of rotatable bonds is 7. The zero-order valence-corrected chi connectivity index (χ0v) is 18.2. The van der Waals surface area contributed by atoms with Crippen LogP contribution in [-0.2, 0) is 11.3 Å². The summed E-state index contributed by atoms with van der Waals surface area (Å²) in [6, 6.07) is 15.0. The van der Waals surface area contributed by atoms with Gasteiger partial charge in [0.2, 0.25) is 0 Å². The molecule has 0 amide bonds. The molecule has 0 bridgehead atoms. The predicted molar refractivity (Wildman–Crippen MR) is 116 cm³/mol. The van der Waals surface area contributed by atoms with E-state index in [-0.39, 0.29) is 11.0 Å². The van der Waals surface area contributed by atoms with Gasteiger partial charge in [0.1, 0.15) is 5.78 Å². The van der Waals surface area contributed by atoms with E-state index in [2.05, 4.69) is 24.0 Å². The molecule has 1 aromatic heterocycles. The molecule has 1 atom stereocenters. The molecule has 0 fully saturated rings. The van der Waals surface area contributed by atoms with E-state index in [9.17, 15) is 4.79 Å². The molecule has 3 rings (SSSR count). The maximum Gasteiger partial charge on any atom is 0.192 e. The number of aromatic nitrogens is 3. The highest BCUT2D eigenvalue weighted by atomic mass is 35.5. The second kappa shape index (κ2) is 9.12. The second-order valence-corrected chi connectivity index (χ2v) is 8.87. The van der Waals surface area contributed by atoms with Crippen molar-refractivity contribution in [1.82, 2.24) is 14.8 Å². The third kappa shape index (κ3) is 4.77. The van der Waals surface area contributed by atoms with Crippen LogP contribution in [0.25, 0.3) is 11.4 Å². The van der Waals surface area contributed by atoms with Crippen LogP contribution in [0.15, 0.2) is 53.7 Å². The largest absolute Gasteiger partial charge is 0.302 e. The van der Waals surface area contributed by atoms with Crippen LogP contribution < -0.4 is 0 Å². The zero-order chi connectivity index (χ0) is 20.3. The van der Waals surface area contributed by atoms with Crippen LogP contribution in [-0.4, -0.2) is 20.5 Å². The number of benzene rings is 2. The summed E-state index contributed by atoms with van der Waals surface area (Å²) in [5, 5.41) is 10.2. The minimum absolute atomic E-state index is 0.0707. The van der Waals surface area contributed by atoms with E-state index < -0.39 is 0 Å². The maximum atomic E-state index is 12.3. The Morgan fingerprint density at radius 2 is 1.82 bits per heavy atom. The fourth-order valence-electron chi connectivity index (χ4n) is 2.89. The number of carbonyl (C=O) groups excluding carboxylic acids is 1. The maximum absolute atomic E-state index is 12.3. The summed E-state index contributed by atoms with van der Waals surface area (Å²) < 4.78 is 2.03. The SMILES string of the molecule is CC(=O)C(Sc1nnc(-c2ccc(Cl)cc2Cl)n1CC(C)C)c1ccccc1. The summed E-state index contributed by atoms with van der Waals surface area (Å²) in [4.78, 5) is 12.3. The minimum Gasteiger partial charge on any atom is -0.302 e. The highest BCUT2D eigenvalue weighted by Crippen LogP contribution is 2.38. The molecular formula is C21H21Cl2N3OS. The normalized spacial score (nSPS) is 12.4. The fourth-order valence-corrected chi connectivity index (χ4v) is 4.43. The van der Waals surface area contributed by atoms with E-state index in [1.807, 2.05) is 41.0 Å². The van der Waals surface area contributed by atoms with E-state index in [1.54, 1.807) is 19.1 Å². The molecule has 146 valence electrons. The molecule has 0 N–H and O–H groups in total. The Balaban J connectivity index is 2.03. The van der Waals surface area contributed by atoms with Crippen molar-refractivity contribution in [2.24, 2.45) is 5.92 Å². The van der Waals surface area contributed by atoms with Crippen LogP contribution in [0, 0.1) is 5.92 Å². The van der Waals surface area contributed by atoms with Crippen LogP contribution in [0.2, 0.25) is 10.0 Å². The number of nitrogens with zero attached hydrogens (tertiary/aromatic N) is 3. The lowest BCUT2D eigenvalue weighted by Gasteiger charge is -2.17. The fraction of sp³-hybridized carbons (Fsp3) is 0.286. The third-order valence-corrected chi connectivity index (χ3v) is 6.03. The molecule has 1 unspecified atom stereocenters. The number of hydrogen-bond donors (Lipinski definition) is 0. The van der Waals surface area contributed by atoms with E-state index in [0.717, 1.165) is 11.1 Å². The molecule has 0 aliphatic carbocycles. The third-order valence-electron chi connectivity index (χ3n) is 4.13. The zero-order valence-electron chi connectivity index (χ0n) is 15.9. The van der Waals surface area contributed by atoms with Crippen LogP contribution >= 0.6 is 35.0 Å². The van der Waals surface area contributed by atoms with Crippen LogP contribution in [0.4, 0.5) is 0 Å². The molecule has 0 radical (unpaired) electrons. The molecule has 0 saturated heterocycles. The molecule has 28 heavy (non-hydrogen) atoms. The first-order valence-electron chi connectivity index (χ1n) is 8.97. The van der Waals surface area contributed by atoms with Gasteiger partial charge in [0.25, 0.3) is 0 Å². The van der Waals surface area contributed by atoms with E-state index >= 15 is 0 Å². The molecule has 0 saturated carbocycles. The molecular weight excluding hydrogens is 413 g/mol. The van der Waals surface area contributed by atoms with Gasteiger partial charge in [0.05, 0.1) is 10.3 Å². The van der Waals surface area contributed by atoms with Gasteiger partial charge >= 0.3 is 0 Å². The van der Waals surface area contributed by atoms with E-state index in [1.165, 1.54) is 11.8 Å². The van der Waals surface area contributed by atoms with Crippen molar-refractivity contribution in [1.29, 1.82) is 0 Å². The van der Waals surface area contributed by atoms with Crippen LogP contribution in [0.1, 0.15) is 31.6 Å². The van der Waals surface area contributed by atoms with Gasteiger partial charge in [-0.2, -0.15) is 0 Å². The smallest absolute Gasteiger partial charge is 0.192 e. The lowest BCUT2D eigenvalue weighted by Crippen LogP contribution is -2.11. The molecule has 0 aliphatic rings. The van der Waals surface area contributed by atoms with Gasteiger partial charge in [-0.25, -0.2) is 0 Å². The number of carbonyl (C=O) groups is 1. The van der Waals surface area contributed by atoms with Gasteiger partial charge in [0, 0.05) is 17.1 Å². The summed E-state index contributed by atoms with van der Waals surface area (Å²) in [7, 11) is 0. The molecule has 7 heteroatoms. The molecule has 3 aromatic rings. The van der Waals surface area contributed by atoms with Crippen molar-refractivity contribution in [3.05, 3.63) is 64.1 Å². The first-order valence-corrected chi connectivity index (χ1v) is 10.6. The number of halogens is 2. The Morgan fingerprint density at radius 3 is 2.43 bits per heavy atom. The van der Waals surface area contributed by atoms with Gasteiger partial charge in [0.15, 0.2) is 11.0 Å². The Morgan fingerprint density at radius 1 is 1.11 bits per heavy atom. The van der Waals surface area contributed by atoms with Crippen LogP contribution in [0.5, 0.6) is 0 Å². The standard InChI is InChI=1S/C21H21Cl2N3OS/c1-13(2)12-26-20(17-10-9-16(22)11-18(17)23)24-25-21(26)28-19(14(3)27)15-7-5-4-6-8-15/h4-11,13,19H,12H2,1-3H3. The van der Waals surface area contributed by atoms with Crippen LogP contribution in [0.3, 0.4) is 0 Å². The molecule has 0 aliphatic heterocycles. The summed E-state index contributed by atoms with van der Waals surface area (Å²) >= 11 is 13.9. The highest BCUT2D eigenvalue weighted by molar-refractivity contribution is 8.00. The Hall–Kier alpha value is -1.82. The quantitative estimate of drug-likeness (QED) is 0.408. The van der Waals surface area contributed by atoms with Gasteiger partial charge < -0.3 is 4.57 Å². The summed E-state index contributed by atoms with van der Waals surface area (Å²) in [6.45, 7) is 6.57. The molecule has 2 aromatic carbocycles. The molecule has 1 heterocycles. The second-order valence-electron chi connectivity index (χ2n) is 6.95. The Kier molecular flexibility index (Phi) is 6.81. The van der Waals surface area contributed by atoms with Crippen molar-refractivity contribution < 1.29 is 4.79 Å².